The van der Waals surface area contributed by atoms with E-state index in [1.807, 2.05) is 49.0 Å². The zero-order chi connectivity index (χ0) is 15.7. The van der Waals surface area contributed by atoms with E-state index in [1.54, 1.807) is 28.6 Å². The molecular weight excluding hydrogens is 296 g/mol. The second-order valence-electron chi connectivity index (χ2n) is 5.36. The Morgan fingerprint density at radius 2 is 2.27 bits per heavy atom. The van der Waals surface area contributed by atoms with Gasteiger partial charge in [-0.1, -0.05) is 6.07 Å². The lowest BCUT2D eigenvalue weighted by Crippen LogP contribution is -2.31. The maximum absolute atomic E-state index is 12.5. The molecule has 0 aliphatic carbocycles. The van der Waals surface area contributed by atoms with E-state index < -0.39 is 0 Å². The molecule has 6 heteroatoms. The third-order valence-electron chi connectivity index (χ3n) is 3.92. The molecule has 5 nitrogen and oxygen atoms in total. The van der Waals surface area contributed by atoms with Crippen LogP contribution in [0.5, 0.6) is 0 Å². The van der Waals surface area contributed by atoms with Gasteiger partial charge in [0, 0.05) is 31.0 Å². The summed E-state index contributed by atoms with van der Waals surface area (Å²) in [6, 6.07) is 3.97. The number of imidazole rings is 1. The molecule has 3 heterocycles. The van der Waals surface area contributed by atoms with Gasteiger partial charge in [-0.05, 0) is 25.5 Å². The van der Waals surface area contributed by atoms with E-state index in [0.717, 1.165) is 21.9 Å². The van der Waals surface area contributed by atoms with E-state index >= 15 is 0 Å². The van der Waals surface area contributed by atoms with Crippen molar-refractivity contribution in [2.75, 3.05) is 7.05 Å². The number of nitrogens with zero attached hydrogens (tertiary/aromatic N) is 4. The molecule has 0 radical (unpaired) electrons. The van der Waals surface area contributed by atoms with Crippen LogP contribution in [-0.4, -0.2) is 32.2 Å². The Kier molecular flexibility index (Phi) is 3.94. The highest BCUT2D eigenvalue weighted by Gasteiger charge is 2.20. The second kappa shape index (κ2) is 5.88. The smallest absolute Gasteiger partial charge is 0.228 e. The molecule has 114 valence electrons. The molecule has 0 saturated heterocycles. The van der Waals surface area contributed by atoms with Gasteiger partial charge in [-0.15, -0.1) is 11.3 Å². The predicted octanol–water partition coefficient (Wildman–Crippen LogP) is 2.86. The molecule has 3 rings (SSSR count). The fourth-order valence-corrected chi connectivity index (χ4v) is 3.17. The van der Waals surface area contributed by atoms with Crippen molar-refractivity contribution in [3.63, 3.8) is 0 Å². The van der Waals surface area contributed by atoms with E-state index in [1.165, 1.54) is 0 Å². The third-order valence-corrected chi connectivity index (χ3v) is 4.87. The number of carbonyl (C=O) groups is 1. The van der Waals surface area contributed by atoms with E-state index in [2.05, 4.69) is 9.97 Å². The quantitative estimate of drug-likeness (QED) is 0.744. The van der Waals surface area contributed by atoms with Gasteiger partial charge in [0.2, 0.25) is 5.91 Å². The van der Waals surface area contributed by atoms with Crippen LogP contribution in [0.3, 0.4) is 0 Å². The van der Waals surface area contributed by atoms with Crippen LogP contribution in [0, 0.1) is 6.92 Å². The SMILES string of the molecule is Cc1cccn2c(CC(=O)N(C)[C@H](C)c3nccs3)cnc12. The third kappa shape index (κ3) is 2.62. The average Bonchev–Trinajstić information content (AvgIpc) is 3.16. The van der Waals surface area contributed by atoms with E-state index in [4.69, 9.17) is 0 Å². The second-order valence-corrected chi connectivity index (χ2v) is 6.29. The number of rotatable bonds is 4. The lowest BCUT2D eigenvalue weighted by molar-refractivity contribution is -0.131. The van der Waals surface area contributed by atoms with Gasteiger partial charge < -0.3 is 9.30 Å². The van der Waals surface area contributed by atoms with Gasteiger partial charge in [-0.3, -0.25) is 4.79 Å². The minimum absolute atomic E-state index is 0.0200. The molecule has 3 aromatic heterocycles. The molecule has 1 amide bonds. The molecular formula is C16H18N4OS. The molecule has 0 unspecified atom stereocenters. The number of thiazole rings is 1. The summed E-state index contributed by atoms with van der Waals surface area (Å²) in [5.74, 6) is 0.0611. The van der Waals surface area contributed by atoms with Crippen molar-refractivity contribution in [3.8, 4) is 0 Å². The number of aromatic nitrogens is 3. The first-order valence-corrected chi connectivity index (χ1v) is 8.02. The normalized spacial score (nSPS) is 12.5. The van der Waals surface area contributed by atoms with Crippen LogP contribution < -0.4 is 0 Å². The number of hydrogen-bond acceptors (Lipinski definition) is 4. The van der Waals surface area contributed by atoms with Crippen molar-refractivity contribution in [1.82, 2.24) is 19.3 Å². The Morgan fingerprint density at radius 3 is 3.00 bits per heavy atom. The number of likely N-dealkylation sites (N-methyl/N-ethyl adjacent to an activating group) is 1. The molecule has 22 heavy (non-hydrogen) atoms. The van der Waals surface area contributed by atoms with Crippen LogP contribution in [0.2, 0.25) is 0 Å². The lowest BCUT2D eigenvalue weighted by atomic mass is 10.2. The van der Waals surface area contributed by atoms with Gasteiger partial charge in [-0.25, -0.2) is 9.97 Å². The van der Waals surface area contributed by atoms with Crippen LogP contribution in [0.4, 0.5) is 0 Å². The predicted molar refractivity (Wildman–Crippen MR) is 86.9 cm³/mol. The van der Waals surface area contributed by atoms with Crippen LogP contribution in [0.1, 0.15) is 29.2 Å². The largest absolute Gasteiger partial charge is 0.336 e. The Balaban J connectivity index is 1.80. The molecule has 0 aliphatic heterocycles. The Bertz CT molecular complexity index is 794. The highest BCUT2D eigenvalue weighted by Crippen LogP contribution is 2.21. The minimum Gasteiger partial charge on any atom is -0.336 e. The summed E-state index contributed by atoms with van der Waals surface area (Å²) in [5, 5.41) is 2.88. The summed E-state index contributed by atoms with van der Waals surface area (Å²) in [6.45, 7) is 4.01. The summed E-state index contributed by atoms with van der Waals surface area (Å²) < 4.78 is 1.98. The van der Waals surface area contributed by atoms with Crippen molar-refractivity contribution >= 4 is 22.9 Å². The van der Waals surface area contributed by atoms with Crippen LogP contribution >= 0.6 is 11.3 Å². The lowest BCUT2D eigenvalue weighted by Gasteiger charge is -2.23. The highest BCUT2D eigenvalue weighted by atomic mass is 32.1. The monoisotopic (exact) mass is 314 g/mol. The maximum atomic E-state index is 12.5. The Morgan fingerprint density at radius 1 is 1.45 bits per heavy atom. The first-order valence-electron chi connectivity index (χ1n) is 7.14. The summed E-state index contributed by atoms with van der Waals surface area (Å²) in [7, 11) is 1.82. The van der Waals surface area contributed by atoms with Gasteiger partial charge in [0.15, 0.2) is 0 Å². The Hall–Kier alpha value is -2.21. The standard InChI is InChI=1S/C16H18N4OS/c1-11-5-4-7-20-13(10-18-15(11)20)9-14(21)19(3)12(2)16-17-6-8-22-16/h4-8,10,12H,9H2,1-3H3/t12-/m1/s1. The van der Waals surface area contributed by atoms with Crippen molar-refractivity contribution in [3.05, 3.63) is 52.4 Å². The molecule has 0 N–H and O–H groups in total. The van der Waals surface area contributed by atoms with Gasteiger partial charge in [-0.2, -0.15) is 0 Å². The van der Waals surface area contributed by atoms with Gasteiger partial charge in [0.1, 0.15) is 10.7 Å². The number of carbonyl (C=O) groups excluding carboxylic acids is 1. The molecule has 3 aromatic rings. The van der Waals surface area contributed by atoms with E-state index in [9.17, 15) is 4.79 Å². The van der Waals surface area contributed by atoms with Crippen molar-refractivity contribution in [2.45, 2.75) is 26.3 Å². The molecule has 0 aromatic carbocycles. The number of hydrogen-bond donors (Lipinski definition) is 0. The number of pyridine rings is 1. The summed E-state index contributed by atoms with van der Waals surface area (Å²) in [6.07, 6.45) is 5.82. The zero-order valence-electron chi connectivity index (χ0n) is 12.9. The molecule has 0 bridgehead atoms. The fraction of sp³-hybridized carbons (Fsp3) is 0.312. The molecule has 0 fully saturated rings. The summed E-state index contributed by atoms with van der Waals surface area (Å²) in [5.41, 5.74) is 2.91. The molecule has 0 aliphatic rings. The number of fused-ring (bicyclic) bond motifs is 1. The fourth-order valence-electron chi connectivity index (χ4n) is 2.44. The zero-order valence-corrected chi connectivity index (χ0v) is 13.7. The molecule has 1 atom stereocenters. The number of aryl methyl sites for hydroxylation is 1. The Labute approximate surface area is 133 Å². The van der Waals surface area contributed by atoms with E-state index in [0.29, 0.717) is 6.42 Å². The average molecular weight is 314 g/mol. The van der Waals surface area contributed by atoms with Crippen LogP contribution in [-0.2, 0) is 11.2 Å². The van der Waals surface area contributed by atoms with Gasteiger partial charge in [0.05, 0.1) is 18.2 Å². The maximum Gasteiger partial charge on any atom is 0.228 e. The first-order chi connectivity index (χ1) is 10.6. The first kappa shape index (κ1) is 14.7. The van der Waals surface area contributed by atoms with Crippen LogP contribution in [0.25, 0.3) is 5.65 Å². The van der Waals surface area contributed by atoms with Crippen LogP contribution in [0.15, 0.2) is 36.1 Å². The summed E-state index contributed by atoms with van der Waals surface area (Å²) >= 11 is 1.57. The molecule has 0 saturated carbocycles. The number of amides is 1. The van der Waals surface area contributed by atoms with Gasteiger partial charge in [0.25, 0.3) is 0 Å². The topological polar surface area (TPSA) is 50.5 Å². The van der Waals surface area contributed by atoms with Crippen molar-refractivity contribution in [2.24, 2.45) is 0 Å². The summed E-state index contributed by atoms with van der Waals surface area (Å²) in [4.78, 5) is 23.0. The highest BCUT2D eigenvalue weighted by molar-refractivity contribution is 7.09. The van der Waals surface area contributed by atoms with E-state index in [-0.39, 0.29) is 11.9 Å². The van der Waals surface area contributed by atoms with Gasteiger partial charge >= 0.3 is 0 Å². The molecule has 0 spiro atoms. The minimum atomic E-state index is -0.0200. The van der Waals surface area contributed by atoms with Crippen molar-refractivity contribution in [1.29, 1.82) is 0 Å². The van der Waals surface area contributed by atoms with Crippen molar-refractivity contribution < 1.29 is 4.79 Å².